The van der Waals surface area contributed by atoms with Gasteiger partial charge in [0.2, 0.25) is 0 Å². The number of methoxy groups -OCH3 is 1. The Labute approximate surface area is 77.5 Å². The quantitative estimate of drug-likeness (QED) is 0.691. The number of rotatable bonds is 2. The standard InChI is InChI=1S/C8H6F3NO2/c1-14-5-2-3-12-6(4-5)7(13)8(9,10)11/h2-4H,1H3. The third-order valence-corrected chi connectivity index (χ3v) is 1.46. The molecule has 0 saturated heterocycles. The van der Waals surface area contributed by atoms with Crippen LogP contribution in [0.4, 0.5) is 13.2 Å². The number of pyridine rings is 1. The minimum absolute atomic E-state index is 0.160. The predicted octanol–water partition coefficient (Wildman–Crippen LogP) is 1.84. The molecule has 14 heavy (non-hydrogen) atoms. The normalized spacial score (nSPS) is 11.1. The number of Topliss-reactive ketones (excluding diaryl/α,β-unsaturated/α-hetero) is 1. The Morgan fingerprint density at radius 1 is 1.50 bits per heavy atom. The molecule has 0 aliphatic heterocycles. The number of ketones is 1. The lowest BCUT2D eigenvalue weighted by molar-refractivity contribution is -0.0888. The van der Waals surface area contributed by atoms with Gasteiger partial charge < -0.3 is 4.74 Å². The minimum Gasteiger partial charge on any atom is -0.497 e. The van der Waals surface area contributed by atoms with Gasteiger partial charge in [0, 0.05) is 12.3 Å². The summed E-state index contributed by atoms with van der Waals surface area (Å²) in [5, 5.41) is 0. The highest BCUT2D eigenvalue weighted by atomic mass is 19.4. The molecule has 0 saturated carbocycles. The smallest absolute Gasteiger partial charge is 0.456 e. The van der Waals surface area contributed by atoms with Crippen molar-refractivity contribution in [3.63, 3.8) is 0 Å². The van der Waals surface area contributed by atoms with Gasteiger partial charge in [0.05, 0.1) is 7.11 Å². The number of alkyl halides is 3. The lowest BCUT2D eigenvalue weighted by atomic mass is 10.2. The number of hydrogen-bond donors (Lipinski definition) is 0. The van der Waals surface area contributed by atoms with Gasteiger partial charge in [0.1, 0.15) is 11.4 Å². The zero-order valence-corrected chi connectivity index (χ0v) is 7.13. The van der Waals surface area contributed by atoms with E-state index in [0.717, 1.165) is 12.3 Å². The first kappa shape index (κ1) is 10.5. The summed E-state index contributed by atoms with van der Waals surface area (Å²) >= 11 is 0. The lowest BCUT2D eigenvalue weighted by Gasteiger charge is -2.05. The Balaban J connectivity index is 3.02. The molecule has 0 unspecified atom stereocenters. The Morgan fingerprint density at radius 2 is 2.14 bits per heavy atom. The van der Waals surface area contributed by atoms with Gasteiger partial charge in [-0.15, -0.1) is 0 Å². The fourth-order valence-electron chi connectivity index (χ4n) is 0.808. The highest BCUT2D eigenvalue weighted by Crippen LogP contribution is 2.21. The molecule has 76 valence electrons. The molecular formula is C8H6F3NO2. The number of hydrogen-bond acceptors (Lipinski definition) is 3. The van der Waals surface area contributed by atoms with Crippen LogP contribution in [-0.2, 0) is 0 Å². The van der Waals surface area contributed by atoms with Crippen molar-refractivity contribution in [3.8, 4) is 5.75 Å². The van der Waals surface area contributed by atoms with E-state index in [9.17, 15) is 18.0 Å². The summed E-state index contributed by atoms with van der Waals surface area (Å²) in [6.07, 6.45) is -3.82. The van der Waals surface area contributed by atoms with Crippen molar-refractivity contribution in [1.29, 1.82) is 0 Å². The molecule has 3 nitrogen and oxygen atoms in total. The average Bonchev–Trinajstić information content (AvgIpc) is 2.15. The Hall–Kier alpha value is -1.59. The number of halogens is 3. The summed E-state index contributed by atoms with van der Waals surface area (Å²) in [5.74, 6) is -1.82. The van der Waals surface area contributed by atoms with E-state index in [0.29, 0.717) is 0 Å². The maximum atomic E-state index is 11.9. The third-order valence-electron chi connectivity index (χ3n) is 1.46. The average molecular weight is 205 g/mol. The molecular weight excluding hydrogens is 199 g/mol. The van der Waals surface area contributed by atoms with Gasteiger partial charge in [-0.3, -0.25) is 9.78 Å². The van der Waals surface area contributed by atoms with Gasteiger partial charge in [-0.25, -0.2) is 0 Å². The number of nitrogens with zero attached hydrogens (tertiary/aromatic N) is 1. The first-order chi connectivity index (χ1) is 6.45. The Morgan fingerprint density at radius 3 is 2.64 bits per heavy atom. The van der Waals surface area contributed by atoms with E-state index >= 15 is 0 Å². The van der Waals surface area contributed by atoms with E-state index in [1.54, 1.807) is 0 Å². The van der Waals surface area contributed by atoms with E-state index in [1.165, 1.54) is 13.2 Å². The molecule has 0 N–H and O–H groups in total. The van der Waals surface area contributed by atoms with Gasteiger partial charge in [-0.05, 0) is 6.07 Å². The van der Waals surface area contributed by atoms with Gasteiger partial charge in [0.25, 0.3) is 5.78 Å². The van der Waals surface area contributed by atoms with E-state index in [2.05, 4.69) is 9.72 Å². The zero-order valence-electron chi connectivity index (χ0n) is 7.13. The second-order valence-electron chi connectivity index (χ2n) is 2.41. The molecule has 0 bridgehead atoms. The fraction of sp³-hybridized carbons (Fsp3) is 0.250. The van der Waals surface area contributed by atoms with Gasteiger partial charge >= 0.3 is 6.18 Å². The highest BCUT2D eigenvalue weighted by molar-refractivity contribution is 5.98. The number of carbonyl (C=O) groups excluding carboxylic acids is 1. The molecule has 0 fully saturated rings. The van der Waals surface area contributed by atoms with Crippen LogP contribution in [0.15, 0.2) is 18.3 Å². The number of carbonyl (C=O) groups is 1. The molecule has 1 aromatic rings. The van der Waals surface area contributed by atoms with E-state index < -0.39 is 17.7 Å². The molecule has 0 aromatic carbocycles. The second kappa shape index (κ2) is 3.65. The van der Waals surface area contributed by atoms with Crippen LogP contribution in [0.2, 0.25) is 0 Å². The van der Waals surface area contributed by atoms with Crippen molar-refractivity contribution >= 4 is 5.78 Å². The molecule has 1 heterocycles. The van der Waals surface area contributed by atoms with Crippen LogP contribution in [0.3, 0.4) is 0 Å². The van der Waals surface area contributed by atoms with Crippen LogP contribution >= 0.6 is 0 Å². The fourth-order valence-corrected chi connectivity index (χ4v) is 0.808. The summed E-state index contributed by atoms with van der Waals surface area (Å²) < 4.78 is 40.5. The Bertz CT molecular complexity index is 349. The lowest BCUT2D eigenvalue weighted by Crippen LogP contribution is -2.23. The topological polar surface area (TPSA) is 39.2 Å². The van der Waals surface area contributed by atoms with Crippen molar-refractivity contribution in [2.24, 2.45) is 0 Å². The van der Waals surface area contributed by atoms with Gasteiger partial charge in [-0.1, -0.05) is 0 Å². The van der Waals surface area contributed by atoms with Crippen molar-refractivity contribution in [2.45, 2.75) is 6.18 Å². The third kappa shape index (κ3) is 2.21. The van der Waals surface area contributed by atoms with E-state index in [-0.39, 0.29) is 5.75 Å². The maximum Gasteiger partial charge on any atom is 0.456 e. The summed E-state index contributed by atoms with van der Waals surface area (Å²) in [5.41, 5.74) is -0.670. The van der Waals surface area contributed by atoms with Gasteiger partial charge in [0.15, 0.2) is 0 Å². The van der Waals surface area contributed by atoms with Gasteiger partial charge in [-0.2, -0.15) is 13.2 Å². The molecule has 0 spiro atoms. The maximum absolute atomic E-state index is 11.9. The van der Waals surface area contributed by atoms with Crippen LogP contribution in [0.5, 0.6) is 5.75 Å². The van der Waals surface area contributed by atoms with Crippen molar-refractivity contribution in [3.05, 3.63) is 24.0 Å². The minimum atomic E-state index is -4.90. The largest absolute Gasteiger partial charge is 0.497 e. The van der Waals surface area contributed by atoms with Crippen LogP contribution in [0, 0.1) is 0 Å². The van der Waals surface area contributed by atoms with Crippen molar-refractivity contribution < 1.29 is 22.7 Å². The molecule has 0 radical (unpaired) electrons. The molecule has 0 atom stereocenters. The van der Waals surface area contributed by atoms with Crippen LogP contribution in [0.1, 0.15) is 10.5 Å². The predicted molar refractivity (Wildman–Crippen MR) is 41.2 cm³/mol. The van der Waals surface area contributed by atoms with Crippen LogP contribution in [-0.4, -0.2) is 24.1 Å². The SMILES string of the molecule is COc1ccnc(C(=O)C(F)(F)F)c1. The van der Waals surface area contributed by atoms with Crippen molar-refractivity contribution in [2.75, 3.05) is 7.11 Å². The first-order valence-corrected chi connectivity index (χ1v) is 3.56. The van der Waals surface area contributed by atoms with Crippen molar-refractivity contribution in [1.82, 2.24) is 4.98 Å². The highest BCUT2D eigenvalue weighted by Gasteiger charge is 2.40. The zero-order chi connectivity index (χ0) is 10.8. The molecule has 1 aromatic heterocycles. The second-order valence-corrected chi connectivity index (χ2v) is 2.41. The summed E-state index contributed by atoms with van der Waals surface area (Å²) in [6, 6.07) is 2.29. The molecule has 0 amide bonds. The molecule has 0 aliphatic carbocycles. The summed E-state index contributed by atoms with van der Waals surface area (Å²) in [6.45, 7) is 0. The van der Waals surface area contributed by atoms with E-state index in [1.807, 2.05) is 0 Å². The van der Waals surface area contributed by atoms with Crippen LogP contribution in [0.25, 0.3) is 0 Å². The van der Waals surface area contributed by atoms with E-state index in [4.69, 9.17) is 0 Å². The first-order valence-electron chi connectivity index (χ1n) is 3.56. The molecule has 1 rings (SSSR count). The Kier molecular flexibility index (Phi) is 2.73. The van der Waals surface area contributed by atoms with Crippen LogP contribution < -0.4 is 4.74 Å². The number of ether oxygens (including phenoxy) is 1. The summed E-state index contributed by atoms with van der Waals surface area (Å²) in [7, 11) is 1.29. The number of aromatic nitrogens is 1. The monoisotopic (exact) mass is 205 g/mol. The molecule has 0 aliphatic rings. The molecule has 6 heteroatoms. The summed E-state index contributed by atoms with van der Waals surface area (Å²) in [4.78, 5) is 14.0.